The highest BCUT2D eigenvalue weighted by Crippen LogP contribution is 2.34. The molecule has 28 heavy (non-hydrogen) atoms. The third-order valence-electron chi connectivity index (χ3n) is 5.64. The molecule has 7 heteroatoms. The number of aromatic amines is 1. The number of fused-ring (bicyclic) bond motifs is 3. The van der Waals surface area contributed by atoms with Crippen molar-refractivity contribution in [2.75, 3.05) is 11.4 Å². The van der Waals surface area contributed by atoms with E-state index in [4.69, 9.17) is 23.2 Å². The smallest absolute Gasteiger partial charge is 0.251 e. The molecular weight excluding hydrogens is 397 g/mol. The van der Waals surface area contributed by atoms with Gasteiger partial charge >= 0.3 is 0 Å². The number of halogens is 2. The first-order valence-electron chi connectivity index (χ1n) is 9.17. The minimum atomic E-state index is -0.457. The standard InChI is InChI=1S/C21H17Cl2N3O2/c22-15-6-5-12(9-16(15)23)26-20(27)10-19(21(26)28)25-8-7-14-13-3-1-2-4-17(13)24-18(14)11-25/h1-6,9,19,24H,7-8,10-11H2/t19-/m1/s1. The van der Waals surface area contributed by atoms with Crippen LogP contribution in [-0.4, -0.2) is 34.3 Å². The van der Waals surface area contributed by atoms with Crippen molar-refractivity contribution in [2.45, 2.75) is 25.4 Å². The van der Waals surface area contributed by atoms with Gasteiger partial charge in [-0.15, -0.1) is 0 Å². The first-order valence-corrected chi connectivity index (χ1v) is 9.93. The number of carbonyl (C=O) groups is 2. The number of aromatic nitrogens is 1. The maximum Gasteiger partial charge on any atom is 0.251 e. The van der Waals surface area contributed by atoms with E-state index in [2.05, 4.69) is 22.0 Å². The fourth-order valence-electron chi connectivity index (χ4n) is 4.28. The number of para-hydroxylation sites is 1. The molecular formula is C21H17Cl2N3O2. The van der Waals surface area contributed by atoms with E-state index in [9.17, 15) is 9.59 Å². The molecule has 1 atom stereocenters. The van der Waals surface area contributed by atoms with Crippen molar-refractivity contribution in [1.82, 2.24) is 9.88 Å². The number of H-pyrrole nitrogens is 1. The number of nitrogens with one attached hydrogen (secondary N) is 1. The zero-order valence-electron chi connectivity index (χ0n) is 14.9. The molecule has 1 saturated heterocycles. The number of nitrogens with zero attached hydrogens (tertiary/aromatic N) is 2. The van der Waals surface area contributed by atoms with Crippen molar-refractivity contribution >= 4 is 51.6 Å². The molecule has 3 aromatic rings. The molecule has 2 aliphatic rings. The number of imide groups is 1. The zero-order chi connectivity index (χ0) is 19.4. The molecule has 0 aliphatic carbocycles. The number of amides is 2. The molecule has 3 heterocycles. The molecule has 1 fully saturated rings. The predicted octanol–water partition coefficient (Wildman–Crippen LogP) is 4.16. The molecule has 2 aromatic carbocycles. The van der Waals surface area contributed by atoms with Crippen LogP contribution < -0.4 is 4.90 Å². The molecule has 5 nitrogen and oxygen atoms in total. The van der Waals surface area contributed by atoms with Gasteiger partial charge in [0.05, 0.1) is 28.2 Å². The second-order valence-electron chi connectivity index (χ2n) is 7.23. The largest absolute Gasteiger partial charge is 0.357 e. The molecule has 0 unspecified atom stereocenters. The molecule has 2 aliphatic heterocycles. The summed E-state index contributed by atoms with van der Waals surface area (Å²) < 4.78 is 0. The minimum absolute atomic E-state index is 0.175. The van der Waals surface area contributed by atoms with Gasteiger partial charge in [-0.3, -0.25) is 14.5 Å². The highest BCUT2D eigenvalue weighted by atomic mass is 35.5. The van der Waals surface area contributed by atoms with Crippen molar-refractivity contribution in [3.8, 4) is 0 Å². The zero-order valence-corrected chi connectivity index (χ0v) is 16.4. The Kier molecular flexibility index (Phi) is 4.19. The maximum atomic E-state index is 13.1. The van der Waals surface area contributed by atoms with E-state index in [1.807, 2.05) is 12.1 Å². The van der Waals surface area contributed by atoms with Crippen LogP contribution in [0.1, 0.15) is 17.7 Å². The highest BCUT2D eigenvalue weighted by molar-refractivity contribution is 6.42. The number of hydrogen-bond acceptors (Lipinski definition) is 3. The van der Waals surface area contributed by atoms with E-state index < -0.39 is 6.04 Å². The Hall–Kier alpha value is -2.34. The van der Waals surface area contributed by atoms with Crippen LogP contribution in [0.25, 0.3) is 10.9 Å². The predicted molar refractivity (Wildman–Crippen MR) is 110 cm³/mol. The fraction of sp³-hybridized carbons (Fsp3) is 0.238. The Morgan fingerprint density at radius 1 is 1.04 bits per heavy atom. The molecule has 0 spiro atoms. The quantitative estimate of drug-likeness (QED) is 0.641. The second kappa shape index (κ2) is 6.62. The summed E-state index contributed by atoms with van der Waals surface area (Å²) in [5, 5.41) is 1.95. The molecule has 5 rings (SSSR count). The Balaban J connectivity index is 1.42. The number of hydrogen-bond donors (Lipinski definition) is 1. The van der Waals surface area contributed by atoms with E-state index >= 15 is 0 Å². The SMILES string of the molecule is O=C1C[C@@H](N2CCc3c([nH]c4ccccc34)C2)C(=O)N1c1ccc(Cl)c(Cl)c1. The van der Waals surface area contributed by atoms with Gasteiger partial charge < -0.3 is 4.98 Å². The molecule has 1 N–H and O–H groups in total. The molecule has 1 aromatic heterocycles. The normalized spacial score (nSPS) is 20.2. The van der Waals surface area contributed by atoms with Gasteiger partial charge in [0.1, 0.15) is 0 Å². The average Bonchev–Trinajstić information content (AvgIpc) is 3.20. The number of carbonyl (C=O) groups excluding carboxylic acids is 2. The fourth-order valence-corrected chi connectivity index (χ4v) is 4.57. The summed E-state index contributed by atoms with van der Waals surface area (Å²) >= 11 is 12.0. The third kappa shape index (κ3) is 2.73. The summed E-state index contributed by atoms with van der Waals surface area (Å²) in [5.41, 5.74) is 4.02. The summed E-state index contributed by atoms with van der Waals surface area (Å²) in [4.78, 5) is 32.5. The summed E-state index contributed by atoms with van der Waals surface area (Å²) in [6.45, 7) is 1.37. The van der Waals surface area contributed by atoms with E-state index in [0.29, 0.717) is 22.3 Å². The van der Waals surface area contributed by atoms with Gasteiger partial charge in [-0.05, 0) is 36.2 Å². The summed E-state index contributed by atoms with van der Waals surface area (Å²) in [5.74, 6) is -0.418. The molecule has 142 valence electrons. The van der Waals surface area contributed by atoms with Gasteiger partial charge in [0.2, 0.25) is 5.91 Å². The van der Waals surface area contributed by atoms with Gasteiger partial charge in [-0.25, -0.2) is 4.90 Å². The van der Waals surface area contributed by atoms with E-state index in [-0.39, 0.29) is 18.2 Å². The van der Waals surface area contributed by atoms with Crippen LogP contribution in [0.2, 0.25) is 10.0 Å². The third-order valence-corrected chi connectivity index (χ3v) is 6.38. The molecule has 0 saturated carbocycles. The number of anilines is 1. The lowest BCUT2D eigenvalue weighted by atomic mass is 10.0. The monoisotopic (exact) mass is 413 g/mol. The van der Waals surface area contributed by atoms with E-state index in [0.717, 1.165) is 24.2 Å². The van der Waals surface area contributed by atoms with Crippen LogP contribution >= 0.6 is 23.2 Å². The summed E-state index contributed by atoms with van der Waals surface area (Å²) in [6, 6.07) is 12.6. The Morgan fingerprint density at radius 3 is 2.68 bits per heavy atom. The topological polar surface area (TPSA) is 56.4 Å². The van der Waals surface area contributed by atoms with Gasteiger partial charge in [0.15, 0.2) is 0 Å². The van der Waals surface area contributed by atoms with Gasteiger partial charge in [0.25, 0.3) is 5.91 Å². The second-order valence-corrected chi connectivity index (χ2v) is 8.05. The molecule has 0 bridgehead atoms. The number of rotatable bonds is 2. The number of benzene rings is 2. The molecule has 2 amide bonds. The van der Waals surface area contributed by atoms with Crippen LogP contribution in [-0.2, 0) is 22.6 Å². The van der Waals surface area contributed by atoms with Crippen LogP contribution in [0, 0.1) is 0 Å². The summed E-state index contributed by atoms with van der Waals surface area (Å²) in [6.07, 6.45) is 1.03. The lowest BCUT2D eigenvalue weighted by molar-refractivity contribution is -0.123. The van der Waals surface area contributed by atoms with Crippen molar-refractivity contribution in [3.63, 3.8) is 0 Å². The first-order chi connectivity index (χ1) is 13.5. The average molecular weight is 414 g/mol. The van der Waals surface area contributed by atoms with Crippen molar-refractivity contribution < 1.29 is 9.59 Å². The van der Waals surface area contributed by atoms with Crippen LogP contribution in [0.3, 0.4) is 0 Å². The van der Waals surface area contributed by atoms with Crippen LogP contribution in [0.5, 0.6) is 0 Å². The van der Waals surface area contributed by atoms with Gasteiger partial charge in [-0.2, -0.15) is 0 Å². The Labute approximate surface area is 171 Å². The van der Waals surface area contributed by atoms with Crippen molar-refractivity contribution in [2.24, 2.45) is 0 Å². The van der Waals surface area contributed by atoms with Crippen molar-refractivity contribution in [1.29, 1.82) is 0 Å². The van der Waals surface area contributed by atoms with E-state index in [1.165, 1.54) is 15.8 Å². The van der Waals surface area contributed by atoms with Crippen LogP contribution in [0.15, 0.2) is 42.5 Å². The lowest BCUT2D eigenvalue weighted by Crippen LogP contribution is -2.44. The van der Waals surface area contributed by atoms with Crippen LogP contribution in [0.4, 0.5) is 5.69 Å². The van der Waals surface area contributed by atoms with Gasteiger partial charge in [0, 0.05) is 29.7 Å². The highest BCUT2D eigenvalue weighted by Gasteiger charge is 2.43. The van der Waals surface area contributed by atoms with E-state index in [1.54, 1.807) is 18.2 Å². The maximum absolute atomic E-state index is 13.1. The molecule has 0 radical (unpaired) electrons. The Morgan fingerprint density at radius 2 is 1.86 bits per heavy atom. The Bertz CT molecular complexity index is 1120. The first kappa shape index (κ1) is 17.7. The lowest BCUT2D eigenvalue weighted by Gasteiger charge is -2.30. The van der Waals surface area contributed by atoms with Crippen molar-refractivity contribution in [3.05, 3.63) is 63.8 Å². The minimum Gasteiger partial charge on any atom is -0.357 e. The van der Waals surface area contributed by atoms with Gasteiger partial charge in [-0.1, -0.05) is 41.4 Å². The summed E-state index contributed by atoms with van der Waals surface area (Å²) in [7, 11) is 0.